The summed E-state index contributed by atoms with van der Waals surface area (Å²) < 4.78 is 5.27. The van der Waals surface area contributed by atoms with E-state index in [9.17, 15) is 4.79 Å². The van der Waals surface area contributed by atoms with Gasteiger partial charge in [0.25, 0.3) is 0 Å². The van der Waals surface area contributed by atoms with E-state index in [1.807, 2.05) is 6.92 Å². The van der Waals surface area contributed by atoms with E-state index in [1.165, 1.54) is 0 Å². The van der Waals surface area contributed by atoms with E-state index >= 15 is 0 Å². The molecule has 15 heavy (non-hydrogen) atoms. The average molecular weight is 214 g/mol. The molecule has 1 amide bonds. The lowest BCUT2D eigenvalue weighted by Crippen LogP contribution is -2.49. The Morgan fingerprint density at radius 3 is 2.67 bits per heavy atom. The lowest BCUT2D eigenvalue weighted by Gasteiger charge is -2.34. The second-order valence-electron chi connectivity index (χ2n) is 4.74. The normalized spacial score (nSPS) is 22.1. The molecule has 0 radical (unpaired) electrons. The van der Waals surface area contributed by atoms with Crippen LogP contribution in [0.25, 0.3) is 0 Å². The number of amides is 1. The van der Waals surface area contributed by atoms with Gasteiger partial charge in [-0.1, -0.05) is 0 Å². The topological polar surface area (TPSA) is 64.4 Å². The van der Waals surface area contributed by atoms with Crippen molar-refractivity contribution in [2.75, 3.05) is 13.2 Å². The third-order valence-electron chi connectivity index (χ3n) is 2.86. The van der Waals surface area contributed by atoms with Gasteiger partial charge in [-0.05, 0) is 33.1 Å². The molecule has 0 aliphatic carbocycles. The highest BCUT2D eigenvalue weighted by Gasteiger charge is 2.28. The van der Waals surface area contributed by atoms with Crippen LogP contribution in [0, 0.1) is 0 Å². The lowest BCUT2D eigenvalue weighted by atomic mass is 9.92. The number of carbonyl (C=O) groups is 1. The third kappa shape index (κ3) is 4.62. The van der Waals surface area contributed by atoms with E-state index < -0.39 is 0 Å². The van der Waals surface area contributed by atoms with Gasteiger partial charge >= 0.3 is 0 Å². The first kappa shape index (κ1) is 12.5. The average Bonchev–Trinajstić information content (AvgIpc) is 2.15. The first-order valence-electron chi connectivity index (χ1n) is 5.66. The van der Waals surface area contributed by atoms with Gasteiger partial charge in [-0.3, -0.25) is 4.79 Å². The van der Waals surface area contributed by atoms with Crippen LogP contribution in [0.15, 0.2) is 0 Å². The lowest BCUT2D eigenvalue weighted by molar-refractivity contribution is -0.124. The Morgan fingerprint density at radius 1 is 1.53 bits per heavy atom. The Bertz CT molecular complexity index is 211. The maximum absolute atomic E-state index is 11.6. The van der Waals surface area contributed by atoms with Gasteiger partial charge in [0.05, 0.1) is 0 Å². The molecule has 4 nitrogen and oxygen atoms in total. The molecule has 1 heterocycles. The number of nitrogens with two attached hydrogens (primary N) is 1. The highest BCUT2D eigenvalue weighted by atomic mass is 16.5. The molecule has 1 fully saturated rings. The summed E-state index contributed by atoms with van der Waals surface area (Å²) >= 11 is 0. The van der Waals surface area contributed by atoms with Crippen LogP contribution in [0.1, 0.15) is 39.5 Å². The quantitative estimate of drug-likeness (QED) is 0.727. The Balaban J connectivity index is 2.29. The molecule has 1 atom stereocenters. The van der Waals surface area contributed by atoms with Gasteiger partial charge in [-0.25, -0.2) is 0 Å². The Kier molecular flexibility index (Phi) is 4.54. The van der Waals surface area contributed by atoms with Crippen LogP contribution in [-0.4, -0.2) is 30.7 Å². The molecule has 1 unspecified atom stereocenters. The van der Waals surface area contributed by atoms with Gasteiger partial charge in [-0.15, -0.1) is 0 Å². The maximum Gasteiger partial charge on any atom is 0.220 e. The minimum Gasteiger partial charge on any atom is -0.381 e. The summed E-state index contributed by atoms with van der Waals surface area (Å²) in [7, 11) is 0. The summed E-state index contributed by atoms with van der Waals surface area (Å²) in [5.41, 5.74) is 5.53. The summed E-state index contributed by atoms with van der Waals surface area (Å²) in [6.07, 6.45) is 3.07. The van der Waals surface area contributed by atoms with Crippen LogP contribution in [0.3, 0.4) is 0 Å². The molecular weight excluding hydrogens is 192 g/mol. The minimum absolute atomic E-state index is 0.0762. The molecule has 1 rings (SSSR count). The molecule has 1 saturated heterocycles. The molecule has 3 N–H and O–H groups in total. The number of rotatable bonds is 4. The number of nitrogens with one attached hydrogen (secondary N) is 1. The molecule has 88 valence electrons. The highest BCUT2D eigenvalue weighted by Crippen LogP contribution is 2.19. The van der Waals surface area contributed by atoms with E-state index in [2.05, 4.69) is 12.2 Å². The predicted molar refractivity (Wildman–Crippen MR) is 59.5 cm³/mol. The third-order valence-corrected chi connectivity index (χ3v) is 2.86. The smallest absolute Gasteiger partial charge is 0.220 e. The van der Waals surface area contributed by atoms with E-state index in [0.717, 1.165) is 32.5 Å². The zero-order chi connectivity index (χ0) is 11.3. The summed E-state index contributed by atoms with van der Waals surface area (Å²) in [4.78, 5) is 11.6. The fraction of sp³-hybridized carbons (Fsp3) is 0.909. The largest absolute Gasteiger partial charge is 0.381 e. The molecule has 1 aliphatic rings. The molecule has 4 heteroatoms. The number of carbonyl (C=O) groups excluding carboxylic acids is 1. The maximum atomic E-state index is 11.6. The highest BCUT2D eigenvalue weighted by molar-refractivity contribution is 5.76. The van der Waals surface area contributed by atoms with Crippen LogP contribution in [0.2, 0.25) is 0 Å². The molecular formula is C11H22N2O2. The predicted octanol–water partition coefficient (Wildman–Crippen LogP) is 0.799. The van der Waals surface area contributed by atoms with Gasteiger partial charge in [0.1, 0.15) is 0 Å². The van der Waals surface area contributed by atoms with Crippen molar-refractivity contribution in [3.8, 4) is 0 Å². The van der Waals surface area contributed by atoms with Crippen LogP contribution in [0.5, 0.6) is 0 Å². The zero-order valence-corrected chi connectivity index (χ0v) is 9.71. The second-order valence-corrected chi connectivity index (χ2v) is 4.74. The minimum atomic E-state index is -0.0762. The summed E-state index contributed by atoms with van der Waals surface area (Å²) in [6, 6.07) is 0.0956. The van der Waals surface area contributed by atoms with Gasteiger partial charge < -0.3 is 15.8 Å². The first-order chi connectivity index (χ1) is 7.02. The fourth-order valence-corrected chi connectivity index (χ4v) is 1.70. The number of hydrogen-bond acceptors (Lipinski definition) is 3. The van der Waals surface area contributed by atoms with Gasteiger partial charge in [-0.2, -0.15) is 0 Å². The summed E-state index contributed by atoms with van der Waals surface area (Å²) in [5, 5.41) is 3.08. The Morgan fingerprint density at radius 2 is 2.13 bits per heavy atom. The van der Waals surface area contributed by atoms with Crippen molar-refractivity contribution in [3.63, 3.8) is 0 Å². The van der Waals surface area contributed by atoms with Crippen molar-refractivity contribution >= 4 is 5.91 Å². The van der Waals surface area contributed by atoms with Crippen LogP contribution >= 0.6 is 0 Å². The summed E-state index contributed by atoms with van der Waals surface area (Å²) in [6.45, 7) is 5.48. The first-order valence-corrected chi connectivity index (χ1v) is 5.66. The SMILES string of the molecule is CC(N)CCC(=O)NC1(C)CCOCC1. The number of hydrogen-bond donors (Lipinski definition) is 2. The molecule has 0 spiro atoms. The second kappa shape index (κ2) is 5.47. The van der Waals surface area contributed by atoms with Crippen LogP contribution in [0.4, 0.5) is 0 Å². The van der Waals surface area contributed by atoms with Crippen molar-refractivity contribution in [3.05, 3.63) is 0 Å². The standard InChI is InChI=1S/C11H22N2O2/c1-9(12)3-4-10(14)13-11(2)5-7-15-8-6-11/h9H,3-8,12H2,1-2H3,(H,13,14). The monoisotopic (exact) mass is 214 g/mol. The molecule has 0 bridgehead atoms. The van der Waals surface area contributed by atoms with E-state index in [4.69, 9.17) is 10.5 Å². The van der Waals surface area contributed by atoms with Crippen molar-refractivity contribution in [2.45, 2.75) is 51.1 Å². The van der Waals surface area contributed by atoms with E-state index in [-0.39, 0.29) is 17.5 Å². The van der Waals surface area contributed by atoms with Crippen molar-refractivity contribution in [1.29, 1.82) is 0 Å². The van der Waals surface area contributed by atoms with Crippen LogP contribution < -0.4 is 11.1 Å². The van der Waals surface area contributed by atoms with E-state index in [0.29, 0.717) is 6.42 Å². The molecule has 0 saturated carbocycles. The van der Waals surface area contributed by atoms with Gasteiger partial charge in [0.15, 0.2) is 0 Å². The van der Waals surface area contributed by atoms with Crippen molar-refractivity contribution < 1.29 is 9.53 Å². The molecule has 0 aromatic heterocycles. The van der Waals surface area contributed by atoms with Gasteiger partial charge in [0, 0.05) is 31.2 Å². The van der Waals surface area contributed by atoms with Crippen molar-refractivity contribution in [2.24, 2.45) is 5.73 Å². The number of ether oxygens (including phenoxy) is 1. The van der Waals surface area contributed by atoms with E-state index in [1.54, 1.807) is 0 Å². The fourth-order valence-electron chi connectivity index (χ4n) is 1.70. The molecule has 1 aliphatic heterocycles. The van der Waals surface area contributed by atoms with Gasteiger partial charge in [0.2, 0.25) is 5.91 Å². The Hall–Kier alpha value is -0.610. The zero-order valence-electron chi connectivity index (χ0n) is 9.71. The molecule has 0 aromatic rings. The van der Waals surface area contributed by atoms with Crippen molar-refractivity contribution in [1.82, 2.24) is 5.32 Å². The van der Waals surface area contributed by atoms with Crippen LogP contribution in [-0.2, 0) is 9.53 Å². The molecule has 0 aromatic carbocycles. The summed E-state index contributed by atoms with van der Waals surface area (Å²) in [5.74, 6) is 0.108. The Labute approximate surface area is 91.5 Å².